The number of H-pyrrole nitrogens is 1. The fourth-order valence-corrected chi connectivity index (χ4v) is 2.86. The number of benzene rings is 1. The van der Waals surface area contributed by atoms with Gasteiger partial charge in [0.05, 0.1) is 12.4 Å². The number of hydrogen-bond donors (Lipinski definition) is 6. The van der Waals surface area contributed by atoms with Gasteiger partial charge in [-0.3, -0.25) is 14.4 Å². The Bertz CT molecular complexity index is 887. The fraction of sp³-hybridized carbons (Fsp3) is 0.350. The molecule has 0 aliphatic rings. The Morgan fingerprint density at radius 1 is 1.00 bits per heavy atom. The lowest BCUT2D eigenvalue weighted by atomic mass is 10.0. The number of aromatic nitrogens is 2. The Kier molecular flexibility index (Phi) is 8.70. The highest BCUT2D eigenvalue weighted by atomic mass is 16.4. The van der Waals surface area contributed by atoms with Gasteiger partial charge >= 0.3 is 11.9 Å². The summed E-state index contributed by atoms with van der Waals surface area (Å²) in [4.78, 5) is 54.2. The van der Waals surface area contributed by atoms with Crippen LogP contribution < -0.4 is 16.4 Å². The van der Waals surface area contributed by atoms with Crippen molar-refractivity contribution in [3.63, 3.8) is 0 Å². The molecule has 3 atom stereocenters. The van der Waals surface area contributed by atoms with Crippen LogP contribution in [-0.4, -0.2) is 62.1 Å². The largest absolute Gasteiger partial charge is 0.481 e. The molecule has 0 radical (unpaired) electrons. The molecular weight excluding hydrogens is 406 g/mol. The van der Waals surface area contributed by atoms with Gasteiger partial charge in [0.25, 0.3) is 0 Å². The molecule has 11 nitrogen and oxygen atoms in total. The van der Waals surface area contributed by atoms with E-state index >= 15 is 0 Å². The molecule has 0 aliphatic heterocycles. The second-order valence-electron chi connectivity index (χ2n) is 6.97. The minimum absolute atomic E-state index is 0.0613. The Morgan fingerprint density at radius 3 is 2.26 bits per heavy atom. The lowest BCUT2D eigenvalue weighted by Gasteiger charge is -2.22. The van der Waals surface area contributed by atoms with Gasteiger partial charge in [-0.1, -0.05) is 30.3 Å². The Morgan fingerprint density at radius 2 is 1.68 bits per heavy atom. The summed E-state index contributed by atoms with van der Waals surface area (Å²) >= 11 is 0. The SMILES string of the molecule is N[C@@H](Cc1ccccc1)C(=O)N[C@@H](CCC(=O)O)C(=O)N[C@@H](Cc1cnc[nH]1)C(=O)O. The standard InChI is InChI=1S/C20H25N5O6/c21-14(8-12-4-2-1-3-5-12)18(28)24-15(6-7-17(26)27)19(29)25-16(20(30)31)9-13-10-22-11-23-13/h1-5,10-11,14-16H,6-9,21H2,(H,22,23)(H,24,28)(H,25,29)(H,26,27)(H,30,31)/t14-,15-,16-/m0/s1. The molecule has 31 heavy (non-hydrogen) atoms. The van der Waals surface area contributed by atoms with Crippen LogP contribution in [0, 0.1) is 0 Å². The maximum atomic E-state index is 12.7. The quantitative estimate of drug-likeness (QED) is 0.258. The van der Waals surface area contributed by atoms with E-state index < -0.39 is 48.3 Å². The molecule has 166 valence electrons. The summed E-state index contributed by atoms with van der Waals surface area (Å²) in [7, 11) is 0. The number of amides is 2. The molecule has 2 amide bonds. The number of carboxylic acid groups (broad SMARTS) is 2. The van der Waals surface area contributed by atoms with Gasteiger partial charge in [0.1, 0.15) is 12.1 Å². The van der Waals surface area contributed by atoms with Crippen molar-refractivity contribution in [3.8, 4) is 0 Å². The summed E-state index contributed by atoms with van der Waals surface area (Å²) < 4.78 is 0. The van der Waals surface area contributed by atoms with Crippen molar-refractivity contribution in [1.29, 1.82) is 0 Å². The molecule has 1 aromatic heterocycles. The molecule has 0 aliphatic carbocycles. The molecule has 0 bridgehead atoms. The van der Waals surface area contributed by atoms with E-state index in [1.807, 2.05) is 6.07 Å². The number of carbonyl (C=O) groups excluding carboxylic acids is 2. The molecule has 0 saturated heterocycles. The van der Waals surface area contributed by atoms with Crippen molar-refractivity contribution in [2.75, 3.05) is 0 Å². The molecule has 1 heterocycles. The molecule has 0 saturated carbocycles. The number of aromatic amines is 1. The predicted octanol–water partition coefficient (Wildman–Crippen LogP) is -0.559. The number of nitrogens with zero attached hydrogens (tertiary/aromatic N) is 1. The van der Waals surface area contributed by atoms with Crippen LogP contribution in [0.25, 0.3) is 0 Å². The van der Waals surface area contributed by atoms with Crippen molar-refractivity contribution in [1.82, 2.24) is 20.6 Å². The van der Waals surface area contributed by atoms with E-state index in [4.69, 9.17) is 10.8 Å². The van der Waals surface area contributed by atoms with E-state index in [0.29, 0.717) is 5.69 Å². The summed E-state index contributed by atoms with van der Waals surface area (Å²) in [5, 5.41) is 23.1. The summed E-state index contributed by atoms with van der Waals surface area (Å²) in [5.74, 6) is -3.90. The van der Waals surface area contributed by atoms with Crippen LogP contribution in [0.2, 0.25) is 0 Å². The molecular formula is C20H25N5O6. The number of rotatable bonds is 12. The van der Waals surface area contributed by atoms with Crippen molar-refractivity contribution in [2.24, 2.45) is 5.73 Å². The maximum absolute atomic E-state index is 12.7. The highest BCUT2D eigenvalue weighted by Gasteiger charge is 2.28. The van der Waals surface area contributed by atoms with Crippen molar-refractivity contribution < 1.29 is 29.4 Å². The topological polar surface area (TPSA) is 188 Å². The monoisotopic (exact) mass is 431 g/mol. The van der Waals surface area contributed by atoms with Gasteiger partial charge < -0.3 is 31.6 Å². The Balaban J connectivity index is 2.04. The Labute approximate surface area is 178 Å². The number of carbonyl (C=O) groups is 4. The lowest BCUT2D eigenvalue weighted by Crippen LogP contribution is -2.55. The van der Waals surface area contributed by atoms with Crippen LogP contribution >= 0.6 is 0 Å². The van der Waals surface area contributed by atoms with Gasteiger partial charge in [-0.15, -0.1) is 0 Å². The van der Waals surface area contributed by atoms with E-state index in [2.05, 4.69) is 20.6 Å². The van der Waals surface area contributed by atoms with Gasteiger partial charge in [-0.2, -0.15) is 0 Å². The van der Waals surface area contributed by atoms with E-state index in [1.54, 1.807) is 24.3 Å². The average Bonchev–Trinajstić information content (AvgIpc) is 3.24. The van der Waals surface area contributed by atoms with Gasteiger partial charge in [0, 0.05) is 24.7 Å². The highest BCUT2D eigenvalue weighted by molar-refractivity contribution is 5.92. The summed E-state index contributed by atoms with van der Waals surface area (Å²) in [5.41, 5.74) is 7.24. The zero-order valence-electron chi connectivity index (χ0n) is 16.7. The average molecular weight is 431 g/mol. The van der Waals surface area contributed by atoms with E-state index in [9.17, 15) is 24.3 Å². The van der Waals surface area contributed by atoms with Crippen LogP contribution in [0.4, 0.5) is 0 Å². The van der Waals surface area contributed by atoms with E-state index in [1.165, 1.54) is 12.5 Å². The van der Waals surface area contributed by atoms with Gasteiger partial charge in [0.15, 0.2) is 0 Å². The minimum Gasteiger partial charge on any atom is -0.481 e. The van der Waals surface area contributed by atoms with Crippen LogP contribution in [0.3, 0.4) is 0 Å². The normalized spacial score (nSPS) is 13.6. The van der Waals surface area contributed by atoms with Crippen LogP contribution in [0.1, 0.15) is 24.1 Å². The second kappa shape index (κ2) is 11.5. The molecule has 0 fully saturated rings. The van der Waals surface area contributed by atoms with Gasteiger partial charge in [-0.25, -0.2) is 9.78 Å². The molecule has 2 aromatic rings. The number of nitrogens with two attached hydrogens (primary N) is 1. The molecule has 11 heteroatoms. The highest BCUT2D eigenvalue weighted by Crippen LogP contribution is 2.05. The van der Waals surface area contributed by atoms with Crippen LogP contribution in [0.5, 0.6) is 0 Å². The molecule has 0 spiro atoms. The van der Waals surface area contributed by atoms with Crippen molar-refractivity contribution >= 4 is 23.8 Å². The van der Waals surface area contributed by atoms with Crippen LogP contribution in [0.15, 0.2) is 42.9 Å². The molecule has 1 aromatic carbocycles. The summed E-state index contributed by atoms with van der Waals surface area (Å²) in [6.45, 7) is 0. The number of aliphatic carboxylic acids is 2. The minimum atomic E-state index is -1.30. The third-order valence-corrected chi connectivity index (χ3v) is 4.51. The van der Waals surface area contributed by atoms with Gasteiger partial charge in [0.2, 0.25) is 11.8 Å². The molecule has 7 N–H and O–H groups in total. The zero-order chi connectivity index (χ0) is 22.8. The van der Waals surface area contributed by atoms with Crippen molar-refractivity contribution in [3.05, 3.63) is 54.1 Å². The van der Waals surface area contributed by atoms with E-state index in [-0.39, 0.29) is 19.3 Å². The molecule has 0 unspecified atom stereocenters. The summed E-state index contributed by atoms with van der Waals surface area (Å²) in [6.07, 6.45) is 2.34. The first-order valence-corrected chi connectivity index (χ1v) is 9.58. The maximum Gasteiger partial charge on any atom is 0.326 e. The Hall–Kier alpha value is -3.73. The third kappa shape index (κ3) is 7.90. The predicted molar refractivity (Wildman–Crippen MR) is 109 cm³/mol. The van der Waals surface area contributed by atoms with E-state index in [0.717, 1.165) is 5.56 Å². The first-order valence-electron chi connectivity index (χ1n) is 9.58. The first kappa shape index (κ1) is 23.5. The molecule has 2 rings (SSSR count). The van der Waals surface area contributed by atoms with Crippen LogP contribution in [-0.2, 0) is 32.0 Å². The third-order valence-electron chi connectivity index (χ3n) is 4.51. The van der Waals surface area contributed by atoms with Gasteiger partial charge in [-0.05, 0) is 18.4 Å². The number of carboxylic acids is 2. The smallest absolute Gasteiger partial charge is 0.326 e. The number of hydrogen-bond acceptors (Lipinski definition) is 6. The first-order chi connectivity index (χ1) is 14.8. The number of nitrogens with one attached hydrogen (secondary N) is 3. The summed E-state index contributed by atoms with van der Waals surface area (Å²) in [6, 6.07) is 5.50. The zero-order valence-corrected chi connectivity index (χ0v) is 16.7. The lowest BCUT2D eigenvalue weighted by molar-refractivity contribution is -0.143. The van der Waals surface area contributed by atoms with Crippen molar-refractivity contribution in [2.45, 2.75) is 43.8 Å². The second-order valence-corrected chi connectivity index (χ2v) is 6.97. The number of imidazole rings is 1. The fourth-order valence-electron chi connectivity index (χ4n) is 2.86.